The zero-order valence-electron chi connectivity index (χ0n) is 19.1. The molecule has 7 nitrogen and oxygen atoms in total. The average Bonchev–Trinajstić information content (AvgIpc) is 2.84. The summed E-state index contributed by atoms with van der Waals surface area (Å²) in [6, 6.07) is 0. The second-order valence-electron chi connectivity index (χ2n) is 11.5. The molecule has 32 heavy (non-hydrogen) atoms. The lowest BCUT2D eigenvalue weighted by Crippen LogP contribution is -2.84. The molecule has 7 rings (SSSR count). The molecule has 4 aliphatic carbocycles. The molecule has 3 heterocycles. The fourth-order valence-electron chi connectivity index (χ4n) is 8.97. The molecule has 0 amide bonds. The molecule has 7 aliphatic rings. The number of carbonyl (C=O) groups excluding carboxylic acids is 1. The summed E-state index contributed by atoms with van der Waals surface area (Å²) in [4.78, 5) is 13.8. The molecule has 0 aromatic heterocycles. The Morgan fingerprint density at radius 2 is 1.94 bits per heavy atom. The largest absolute Gasteiger partial charge is 0.469 e. The number of allylic oxidation sites excluding steroid dienone is 1. The van der Waals surface area contributed by atoms with E-state index in [-0.39, 0.29) is 30.0 Å². The topological polar surface area (TPSA) is 105 Å². The number of hydrogen-bond acceptors (Lipinski definition) is 7. The monoisotopic (exact) mass is 446 g/mol. The summed E-state index contributed by atoms with van der Waals surface area (Å²) in [6.07, 6.45) is 0.716. The molecular formula is C25H34O7. The molecule has 9 atom stereocenters. The average molecular weight is 447 g/mol. The fourth-order valence-corrected chi connectivity index (χ4v) is 8.97. The van der Waals surface area contributed by atoms with Crippen molar-refractivity contribution in [2.24, 2.45) is 34.0 Å². The highest BCUT2D eigenvalue weighted by Gasteiger charge is 2.87. The summed E-state index contributed by atoms with van der Waals surface area (Å²) in [5.74, 6) is -2.95. The van der Waals surface area contributed by atoms with Crippen LogP contribution in [0.5, 0.6) is 0 Å². The Hall–Kier alpha value is -1.25. The molecule has 2 saturated heterocycles. The van der Waals surface area contributed by atoms with Gasteiger partial charge in [0.2, 0.25) is 5.79 Å². The number of ether oxygens (including phenoxy) is 3. The van der Waals surface area contributed by atoms with E-state index in [9.17, 15) is 20.1 Å². The number of aliphatic hydroxyl groups excluding tert-OH is 2. The Bertz CT molecular complexity index is 939. The summed E-state index contributed by atoms with van der Waals surface area (Å²) in [5, 5.41) is 35.2. The van der Waals surface area contributed by atoms with Crippen LogP contribution in [0.3, 0.4) is 0 Å². The number of rotatable bonds is 2. The third-order valence-electron chi connectivity index (χ3n) is 9.83. The Labute approximate surface area is 188 Å². The van der Waals surface area contributed by atoms with Crippen molar-refractivity contribution in [2.75, 3.05) is 13.2 Å². The highest BCUT2D eigenvalue weighted by Crippen LogP contribution is 2.77. The second kappa shape index (κ2) is 6.25. The maximum absolute atomic E-state index is 13.8. The molecular weight excluding hydrogens is 412 g/mol. The first-order chi connectivity index (χ1) is 15.1. The van der Waals surface area contributed by atoms with Crippen molar-refractivity contribution in [3.63, 3.8) is 0 Å². The van der Waals surface area contributed by atoms with E-state index in [2.05, 4.69) is 20.4 Å². The lowest BCUT2D eigenvalue weighted by Gasteiger charge is -2.73. The third kappa shape index (κ3) is 2.02. The molecule has 3 saturated carbocycles. The van der Waals surface area contributed by atoms with Crippen LogP contribution in [0.25, 0.3) is 0 Å². The summed E-state index contributed by atoms with van der Waals surface area (Å²) in [7, 11) is 0. The van der Waals surface area contributed by atoms with Crippen LogP contribution >= 0.6 is 0 Å². The van der Waals surface area contributed by atoms with Gasteiger partial charge in [0.1, 0.15) is 17.3 Å². The van der Waals surface area contributed by atoms with Gasteiger partial charge in [-0.2, -0.15) is 0 Å². The van der Waals surface area contributed by atoms with Gasteiger partial charge in [0.25, 0.3) is 0 Å². The van der Waals surface area contributed by atoms with Gasteiger partial charge in [-0.25, -0.2) is 0 Å². The van der Waals surface area contributed by atoms with E-state index in [0.29, 0.717) is 25.0 Å². The van der Waals surface area contributed by atoms with Crippen LogP contribution in [0.4, 0.5) is 0 Å². The van der Waals surface area contributed by atoms with Crippen LogP contribution in [0.15, 0.2) is 23.5 Å². The van der Waals surface area contributed by atoms with Gasteiger partial charge in [-0.3, -0.25) is 4.79 Å². The van der Waals surface area contributed by atoms with Crippen LogP contribution in [0.2, 0.25) is 0 Å². The van der Waals surface area contributed by atoms with Gasteiger partial charge in [-0.15, -0.1) is 0 Å². The zero-order chi connectivity index (χ0) is 22.8. The van der Waals surface area contributed by atoms with E-state index in [1.54, 1.807) is 0 Å². The number of hydrogen-bond donors (Lipinski definition) is 3. The van der Waals surface area contributed by atoms with E-state index in [1.165, 1.54) is 5.57 Å². The van der Waals surface area contributed by atoms with E-state index in [4.69, 9.17) is 14.2 Å². The van der Waals surface area contributed by atoms with E-state index >= 15 is 0 Å². The Kier molecular flexibility index (Phi) is 4.16. The van der Waals surface area contributed by atoms with Crippen LogP contribution < -0.4 is 0 Å². The molecule has 0 aromatic carbocycles. The molecule has 3 aliphatic heterocycles. The predicted molar refractivity (Wildman–Crippen MR) is 113 cm³/mol. The quantitative estimate of drug-likeness (QED) is 0.558. The number of fused-ring (bicyclic) bond motifs is 2. The maximum atomic E-state index is 13.8. The minimum atomic E-state index is -2.15. The molecule has 5 fully saturated rings. The Morgan fingerprint density at radius 1 is 1.19 bits per heavy atom. The third-order valence-corrected chi connectivity index (χ3v) is 9.83. The lowest BCUT2D eigenvalue weighted by molar-refractivity contribution is -0.444. The van der Waals surface area contributed by atoms with Crippen LogP contribution in [-0.2, 0) is 19.0 Å². The Morgan fingerprint density at radius 3 is 2.66 bits per heavy atom. The van der Waals surface area contributed by atoms with Gasteiger partial charge < -0.3 is 29.5 Å². The highest BCUT2D eigenvalue weighted by molar-refractivity contribution is 6.05. The number of carbonyl (C=O) groups is 1. The molecule has 4 bridgehead atoms. The molecule has 1 unspecified atom stereocenters. The van der Waals surface area contributed by atoms with Gasteiger partial charge in [0, 0.05) is 24.9 Å². The van der Waals surface area contributed by atoms with Crippen molar-refractivity contribution in [1.29, 1.82) is 0 Å². The van der Waals surface area contributed by atoms with Crippen molar-refractivity contribution in [3.8, 4) is 0 Å². The normalized spacial score (nSPS) is 52.9. The fraction of sp³-hybridized carbons (Fsp3) is 0.800. The molecule has 2 spiro atoms. The van der Waals surface area contributed by atoms with E-state index in [1.807, 2.05) is 6.92 Å². The van der Waals surface area contributed by atoms with Gasteiger partial charge in [0.05, 0.1) is 18.1 Å². The summed E-state index contributed by atoms with van der Waals surface area (Å²) >= 11 is 0. The van der Waals surface area contributed by atoms with Gasteiger partial charge >= 0.3 is 0 Å². The van der Waals surface area contributed by atoms with Crippen molar-refractivity contribution >= 4 is 5.78 Å². The highest BCUT2D eigenvalue weighted by atomic mass is 16.7. The first-order valence-electron chi connectivity index (χ1n) is 12.0. The summed E-state index contributed by atoms with van der Waals surface area (Å²) in [5.41, 5.74) is -1.27. The predicted octanol–water partition coefficient (Wildman–Crippen LogP) is 2.05. The van der Waals surface area contributed by atoms with Crippen molar-refractivity contribution in [1.82, 2.24) is 0 Å². The zero-order valence-corrected chi connectivity index (χ0v) is 19.1. The molecule has 3 N–H and O–H groups in total. The van der Waals surface area contributed by atoms with Crippen molar-refractivity contribution < 1.29 is 34.3 Å². The smallest absolute Gasteiger partial charge is 0.208 e. The van der Waals surface area contributed by atoms with E-state index in [0.717, 1.165) is 25.0 Å². The minimum Gasteiger partial charge on any atom is -0.469 e. The second-order valence-corrected chi connectivity index (χ2v) is 11.5. The lowest BCUT2D eigenvalue weighted by atomic mass is 9.36. The summed E-state index contributed by atoms with van der Waals surface area (Å²) < 4.78 is 18.4. The Balaban J connectivity index is 1.62. The molecule has 176 valence electrons. The standard InChI is InChI=1S/C25H34O7/c1-5-30-16-9-6-13-10-22(3,4)17-20(28)25(29)24-15(23(17,11-31-25)21(13)32-16)8-7-14(19(24)27)12(2)18(24)26/h14-17,19-20,27-29H,2,5-11H2,1,3-4H3/t14-,15-,16+,17+,19+,20-,23-,24-,25?/m0/s1. The number of ketones is 1. The van der Waals surface area contributed by atoms with Gasteiger partial charge in [-0.1, -0.05) is 20.4 Å². The SMILES string of the molecule is C=C1C(=O)[C@]23[C@H](O)[C@H]1CC[C@H]2[C@@]12COC3(O)[C@@H](O)[C@@H]1C(C)(C)CC1=C2O[C@@H](OCC)CC1. The first-order valence-corrected chi connectivity index (χ1v) is 12.0. The first kappa shape index (κ1) is 21.3. The number of Topliss-reactive ketones (excluding diaryl/α,β-unsaturated/α-hetero) is 1. The summed E-state index contributed by atoms with van der Waals surface area (Å²) in [6.45, 7) is 10.8. The van der Waals surface area contributed by atoms with Crippen LogP contribution in [-0.4, -0.2) is 58.6 Å². The van der Waals surface area contributed by atoms with Crippen LogP contribution in [0, 0.1) is 34.0 Å². The molecule has 7 heteroatoms. The maximum Gasteiger partial charge on any atom is 0.208 e. The molecule has 0 aromatic rings. The van der Waals surface area contributed by atoms with Gasteiger partial charge in [-0.05, 0) is 55.1 Å². The van der Waals surface area contributed by atoms with Crippen molar-refractivity contribution in [2.45, 2.75) is 77.2 Å². The van der Waals surface area contributed by atoms with Crippen LogP contribution in [0.1, 0.15) is 52.9 Å². The minimum absolute atomic E-state index is 0.149. The van der Waals surface area contributed by atoms with Gasteiger partial charge in [0.15, 0.2) is 12.1 Å². The molecule has 0 radical (unpaired) electrons. The number of aliphatic hydroxyl groups is 3. The van der Waals surface area contributed by atoms with Crippen molar-refractivity contribution in [3.05, 3.63) is 23.5 Å². The van der Waals surface area contributed by atoms with E-state index < -0.39 is 40.7 Å².